The molecule has 1 aliphatic heterocycles. The molecule has 1 fully saturated rings. The molecule has 1 unspecified atom stereocenters. The number of nitrogens with zero attached hydrogens (tertiary/aromatic N) is 1. The Morgan fingerprint density at radius 1 is 1.19 bits per heavy atom. The second-order valence-corrected chi connectivity index (χ2v) is 6.30. The number of carbonyl (C=O) groups is 4. The van der Waals surface area contributed by atoms with E-state index in [1.165, 1.54) is 6.92 Å². The van der Waals surface area contributed by atoms with Gasteiger partial charge in [0.2, 0.25) is 5.91 Å². The molecule has 1 aromatic rings. The van der Waals surface area contributed by atoms with Crippen LogP contribution in [0.15, 0.2) is 24.3 Å². The van der Waals surface area contributed by atoms with E-state index in [1.54, 1.807) is 29.2 Å². The highest BCUT2D eigenvalue weighted by Gasteiger charge is 2.22. The van der Waals surface area contributed by atoms with Crippen LogP contribution in [0.3, 0.4) is 0 Å². The molecule has 3 amide bonds. The van der Waals surface area contributed by atoms with E-state index in [2.05, 4.69) is 10.6 Å². The largest absolute Gasteiger partial charge is 0.451 e. The number of hydrogen-bond acceptors (Lipinski definition) is 5. The van der Waals surface area contributed by atoms with Gasteiger partial charge in [-0.25, -0.2) is 0 Å². The smallest absolute Gasteiger partial charge is 0.326 e. The molecule has 0 aliphatic carbocycles. The van der Waals surface area contributed by atoms with Gasteiger partial charge in [0, 0.05) is 30.8 Å². The molecule has 1 aromatic carbocycles. The highest BCUT2D eigenvalue weighted by Crippen LogP contribution is 2.21. The van der Waals surface area contributed by atoms with Crippen LogP contribution in [0.2, 0.25) is 0 Å². The van der Waals surface area contributed by atoms with Gasteiger partial charge in [-0.05, 0) is 44.0 Å². The first-order chi connectivity index (χ1) is 12.9. The third-order valence-corrected chi connectivity index (χ3v) is 4.13. The van der Waals surface area contributed by atoms with Crippen molar-refractivity contribution in [2.24, 2.45) is 0 Å². The number of anilines is 1. The van der Waals surface area contributed by atoms with Gasteiger partial charge in [0.15, 0.2) is 6.10 Å². The molecule has 1 saturated heterocycles. The zero-order valence-electron chi connectivity index (χ0n) is 15.6. The molecule has 0 spiro atoms. The maximum absolute atomic E-state index is 12.1. The molecule has 1 heterocycles. The Labute approximate surface area is 158 Å². The van der Waals surface area contributed by atoms with Gasteiger partial charge >= 0.3 is 5.97 Å². The minimum atomic E-state index is -0.918. The molecule has 0 bridgehead atoms. The summed E-state index contributed by atoms with van der Waals surface area (Å²) in [7, 11) is 0. The molecule has 0 radical (unpaired) electrons. The van der Waals surface area contributed by atoms with Crippen molar-refractivity contribution >= 4 is 29.4 Å². The number of ether oxygens (including phenoxy) is 1. The lowest BCUT2D eigenvalue weighted by Gasteiger charge is -2.16. The average molecular weight is 375 g/mol. The summed E-state index contributed by atoms with van der Waals surface area (Å²) in [4.78, 5) is 49.0. The number of amides is 3. The van der Waals surface area contributed by atoms with Crippen molar-refractivity contribution in [3.05, 3.63) is 29.8 Å². The predicted molar refractivity (Wildman–Crippen MR) is 99.2 cm³/mol. The standard InChI is InChI=1S/C19H25N3O5/c1-3-10-20-18(25)13(2)27-17(24)12-21-19(26)14-6-8-15(9-7-14)22-11-4-5-16(22)23/h6-9,13H,3-5,10-12H2,1-2H3,(H,20,25)(H,21,26). The second-order valence-electron chi connectivity index (χ2n) is 6.30. The van der Waals surface area contributed by atoms with Crippen LogP contribution < -0.4 is 15.5 Å². The third-order valence-electron chi connectivity index (χ3n) is 4.13. The maximum Gasteiger partial charge on any atom is 0.326 e. The zero-order chi connectivity index (χ0) is 19.8. The van der Waals surface area contributed by atoms with Crippen LogP contribution in [0.25, 0.3) is 0 Å². The molecule has 2 N–H and O–H groups in total. The fraction of sp³-hybridized carbons (Fsp3) is 0.474. The number of rotatable bonds is 8. The van der Waals surface area contributed by atoms with E-state index in [0.29, 0.717) is 25.1 Å². The van der Waals surface area contributed by atoms with Gasteiger partial charge < -0.3 is 20.3 Å². The van der Waals surface area contributed by atoms with Crippen LogP contribution in [0, 0.1) is 0 Å². The Hall–Kier alpha value is -2.90. The summed E-state index contributed by atoms with van der Waals surface area (Å²) in [5.74, 6) is -1.42. The van der Waals surface area contributed by atoms with E-state index in [4.69, 9.17) is 4.74 Å². The average Bonchev–Trinajstić information content (AvgIpc) is 3.10. The van der Waals surface area contributed by atoms with Crippen LogP contribution in [0.5, 0.6) is 0 Å². The van der Waals surface area contributed by atoms with E-state index < -0.39 is 18.0 Å². The lowest BCUT2D eigenvalue weighted by atomic mass is 10.2. The molecule has 1 atom stereocenters. The van der Waals surface area contributed by atoms with Crippen molar-refractivity contribution in [3.8, 4) is 0 Å². The monoisotopic (exact) mass is 375 g/mol. The van der Waals surface area contributed by atoms with E-state index >= 15 is 0 Å². The molecular weight excluding hydrogens is 350 g/mol. The van der Waals surface area contributed by atoms with Gasteiger partial charge in [-0.1, -0.05) is 6.92 Å². The van der Waals surface area contributed by atoms with E-state index in [0.717, 1.165) is 18.5 Å². The van der Waals surface area contributed by atoms with Crippen molar-refractivity contribution in [2.45, 2.75) is 39.2 Å². The van der Waals surface area contributed by atoms with E-state index in [1.807, 2.05) is 6.92 Å². The number of carbonyl (C=O) groups excluding carboxylic acids is 4. The minimum absolute atomic E-state index is 0.0760. The van der Waals surface area contributed by atoms with Crippen molar-refractivity contribution < 1.29 is 23.9 Å². The Morgan fingerprint density at radius 2 is 1.89 bits per heavy atom. The third kappa shape index (κ3) is 5.80. The molecular formula is C19H25N3O5. The Bertz CT molecular complexity index is 702. The molecule has 2 rings (SSSR count). The number of hydrogen-bond donors (Lipinski definition) is 2. The van der Waals surface area contributed by atoms with Crippen LogP contribution in [0.1, 0.15) is 43.5 Å². The van der Waals surface area contributed by atoms with E-state index in [-0.39, 0.29) is 18.4 Å². The maximum atomic E-state index is 12.1. The lowest BCUT2D eigenvalue weighted by Crippen LogP contribution is -2.39. The summed E-state index contributed by atoms with van der Waals surface area (Å²) in [6.45, 7) is 4.25. The van der Waals surface area contributed by atoms with Crippen LogP contribution in [-0.2, 0) is 19.1 Å². The van der Waals surface area contributed by atoms with Crippen molar-refractivity contribution in [3.63, 3.8) is 0 Å². The molecule has 27 heavy (non-hydrogen) atoms. The molecule has 8 nitrogen and oxygen atoms in total. The van der Waals surface area contributed by atoms with Crippen molar-refractivity contribution in [2.75, 3.05) is 24.5 Å². The molecule has 8 heteroatoms. The lowest BCUT2D eigenvalue weighted by molar-refractivity contribution is -0.153. The van der Waals surface area contributed by atoms with Crippen LogP contribution >= 0.6 is 0 Å². The first-order valence-corrected chi connectivity index (χ1v) is 9.08. The Balaban J connectivity index is 1.80. The summed E-state index contributed by atoms with van der Waals surface area (Å²) in [5, 5.41) is 5.09. The molecule has 1 aliphatic rings. The summed E-state index contributed by atoms with van der Waals surface area (Å²) in [6.07, 6.45) is 1.24. The van der Waals surface area contributed by atoms with Gasteiger partial charge in [-0.15, -0.1) is 0 Å². The minimum Gasteiger partial charge on any atom is -0.451 e. The predicted octanol–water partition coefficient (Wildman–Crippen LogP) is 1.00. The van der Waals surface area contributed by atoms with Crippen molar-refractivity contribution in [1.29, 1.82) is 0 Å². The topological polar surface area (TPSA) is 105 Å². The number of esters is 1. The molecule has 0 saturated carbocycles. The number of benzene rings is 1. The van der Waals surface area contributed by atoms with Crippen molar-refractivity contribution in [1.82, 2.24) is 10.6 Å². The second kappa shape index (κ2) is 9.70. The molecule has 0 aromatic heterocycles. The highest BCUT2D eigenvalue weighted by atomic mass is 16.5. The van der Waals surface area contributed by atoms with Gasteiger partial charge in [0.05, 0.1) is 0 Å². The normalized spacial score (nSPS) is 14.6. The fourth-order valence-corrected chi connectivity index (χ4v) is 2.65. The van der Waals surface area contributed by atoms with E-state index in [9.17, 15) is 19.2 Å². The van der Waals surface area contributed by atoms with Gasteiger partial charge in [0.25, 0.3) is 11.8 Å². The Morgan fingerprint density at radius 3 is 2.48 bits per heavy atom. The molecule has 146 valence electrons. The van der Waals surface area contributed by atoms with Gasteiger partial charge in [0.1, 0.15) is 6.54 Å². The summed E-state index contributed by atoms with van der Waals surface area (Å²) < 4.78 is 4.98. The van der Waals surface area contributed by atoms with Crippen LogP contribution in [0.4, 0.5) is 5.69 Å². The summed E-state index contributed by atoms with van der Waals surface area (Å²) in [5.41, 5.74) is 1.12. The first-order valence-electron chi connectivity index (χ1n) is 9.08. The fourth-order valence-electron chi connectivity index (χ4n) is 2.65. The quantitative estimate of drug-likeness (QED) is 0.660. The van der Waals surface area contributed by atoms with Gasteiger partial charge in [-0.2, -0.15) is 0 Å². The first kappa shape index (κ1) is 20.4. The number of nitrogens with one attached hydrogen (secondary N) is 2. The summed E-state index contributed by atoms with van der Waals surface area (Å²) in [6, 6.07) is 6.61. The zero-order valence-corrected chi connectivity index (χ0v) is 15.6. The summed E-state index contributed by atoms with van der Waals surface area (Å²) >= 11 is 0. The Kier molecular flexibility index (Phi) is 7.34. The SMILES string of the molecule is CCCNC(=O)C(C)OC(=O)CNC(=O)c1ccc(N2CCCC2=O)cc1. The highest BCUT2D eigenvalue weighted by molar-refractivity contribution is 5.98. The van der Waals surface area contributed by atoms with Crippen LogP contribution in [-0.4, -0.2) is 49.4 Å². The van der Waals surface area contributed by atoms with Gasteiger partial charge in [-0.3, -0.25) is 19.2 Å².